The van der Waals surface area contributed by atoms with Crippen molar-refractivity contribution in [3.05, 3.63) is 94.3 Å². The molecular formula is C26H24N2O5S2. The van der Waals surface area contributed by atoms with E-state index in [1.165, 1.54) is 17.7 Å². The first-order valence-electron chi connectivity index (χ1n) is 11.0. The summed E-state index contributed by atoms with van der Waals surface area (Å²) in [4.78, 5) is 29.9. The van der Waals surface area contributed by atoms with Gasteiger partial charge in [-0.25, -0.2) is 8.42 Å². The van der Waals surface area contributed by atoms with Crippen LogP contribution in [0.1, 0.15) is 28.4 Å². The van der Waals surface area contributed by atoms with Gasteiger partial charge in [0, 0.05) is 11.8 Å². The average molecular weight is 509 g/mol. The maximum Gasteiger partial charge on any atom is 0.326 e. The van der Waals surface area contributed by atoms with Crippen LogP contribution in [0.3, 0.4) is 0 Å². The summed E-state index contributed by atoms with van der Waals surface area (Å²) >= 11 is 1.15. The zero-order valence-electron chi connectivity index (χ0n) is 19.3. The van der Waals surface area contributed by atoms with Gasteiger partial charge >= 0.3 is 5.97 Å². The molecule has 0 N–H and O–H groups in total. The Hall–Kier alpha value is -3.56. The molecule has 0 atom stereocenters. The number of carbonyl (C=O) groups excluding carboxylic acids is 2. The normalized spacial score (nSPS) is 12.1. The Balaban J connectivity index is 1.69. The number of carbonyl (C=O) groups is 2. The summed E-state index contributed by atoms with van der Waals surface area (Å²) in [6.07, 6.45) is 1.88. The molecule has 0 aliphatic rings. The molecule has 0 saturated heterocycles. The van der Waals surface area contributed by atoms with E-state index in [2.05, 4.69) is 4.99 Å². The van der Waals surface area contributed by atoms with Gasteiger partial charge in [0.2, 0.25) is 0 Å². The molecule has 0 unspecified atom stereocenters. The number of amides is 1. The molecule has 0 saturated carbocycles. The Morgan fingerprint density at radius 1 is 0.971 bits per heavy atom. The molecule has 4 aromatic rings. The standard InChI is InChI=1S/C26H24N2O5S2/c1-3-33-24(29)17-28-22-14-13-21(35(2,31)32)16-23(22)34-26(28)27-25(30)20-11-9-19(10-12-20)15-18-7-5-4-6-8-18/h4-14,16H,3,15,17H2,1-2H3. The lowest BCUT2D eigenvalue weighted by molar-refractivity contribution is -0.143. The molecule has 3 aromatic carbocycles. The first-order chi connectivity index (χ1) is 16.7. The van der Waals surface area contributed by atoms with Crippen molar-refractivity contribution in [2.75, 3.05) is 12.9 Å². The third kappa shape index (κ3) is 5.93. The maximum absolute atomic E-state index is 13.0. The van der Waals surface area contributed by atoms with E-state index in [4.69, 9.17) is 4.74 Å². The number of sulfone groups is 1. The highest BCUT2D eigenvalue weighted by molar-refractivity contribution is 7.90. The number of esters is 1. The van der Waals surface area contributed by atoms with Gasteiger partial charge < -0.3 is 9.30 Å². The first-order valence-corrected chi connectivity index (χ1v) is 13.7. The zero-order chi connectivity index (χ0) is 25.0. The van der Waals surface area contributed by atoms with Gasteiger partial charge in [-0.05, 0) is 54.8 Å². The van der Waals surface area contributed by atoms with Crippen LogP contribution in [0.2, 0.25) is 0 Å². The number of nitrogens with zero attached hydrogens (tertiary/aromatic N) is 2. The van der Waals surface area contributed by atoms with E-state index in [1.807, 2.05) is 42.5 Å². The fraction of sp³-hybridized carbons (Fsp3) is 0.192. The number of rotatable bonds is 7. The number of aromatic nitrogens is 1. The van der Waals surface area contributed by atoms with Gasteiger partial charge in [0.05, 0.1) is 21.7 Å². The van der Waals surface area contributed by atoms with Crippen molar-refractivity contribution < 1.29 is 22.7 Å². The van der Waals surface area contributed by atoms with E-state index >= 15 is 0 Å². The highest BCUT2D eigenvalue weighted by Crippen LogP contribution is 2.22. The van der Waals surface area contributed by atoms with Crippen LogP contribution in [-0.4, -0.2) is 37.7 Å². The summed E-state index contributed by atoms with van der Waals surface area (Å²) < 4.78 is 31.2. The van der Waals surface area contributed by atoms with Gasteiger partial charge in [-0.3, -0.25) is 9.59 Å². The topological polar surface area (TPSA) is 94.8 Å². The van der Waals surface area contributed by atoms with Crippen LogP contribution >= 0.6 is 11.3 Å². The molecule has 0 radical (unpaired) electrons. The number of hydrogen-bond donors (Lipinski definition) is 0. The van der Waals surface area contributed by atoms with E-state index in [0.717, 1.165) is 29.6 Å². The van der Waals surface area contributed by atoms with Crippen LogP contribution in [0.15, 0.2) is 82.7 Å². The SMILES string of the molecule is CCOC(=O)Cn1c(=NC(=O)c2ccc(Cc3ccccc3)cc2)sc2cc(S(C)(=O)=O)ccc21. The van der Waals surface area contributed by atoms with Crippen LogP contribution in [0.4, 0.5) is 0 Å². The predicted octanol–water partition coefficient (Wildman–Crippen LogP) is 4.00. The summed E-state index contributed by atoms with van der Waals surface area (Å²) in [7, 11) is -3.41. The predicted molar refractivity (Wildman–Crippen MR) is 135 cm³/mol. The van der Waals surface area contributed by atoms with Crippen LogP contribution in [0, 0.1) is 0 Å². The number of hydrogen-bond acceptors (Lipinski definition) is 6. The Kier molecular flexibility index (Phi) is 7.28. The minimum Gasteiger partial charge on any atom is -0.465 e. The minimum atomic E-state index is -3.41. The third-order valence-electron chi connectivity index (χ3n) is 5.32. The molecule has 1 aromatic heterocycles. The van der Waals surface area contributed by atoms with E-state index in [-0.39, 0.29) is 22.8 Å². The van der Waals surface area contributed by atoms with Gasteiger partial charge in [0.1, 0.15) is 6.54 Å². The summed E-state index contributed by atoms with van der Waals surface area (Å²) in [5.74, 6) is -0.928. The third-order valence-corrected chi connectivity index (χ3v) is 7.48. The molecule has 7 nitrogen and oxygen atoms in total. The second kappa shape index (κ2) is 10.4. The summed E-state index contributed by atoms with van der Waals surface area (Å²) in [6.45, 7) is 1.79. The van der Waals surface area contributed by atoms with E-state index < -0.39 is 21.7 Å². The van der Waals surface area contributed by atoms with Crippen LogP contribution in [-0.2, 0) is 32.3 Å². The smallest absolute Gasteiger partial charge is 0.326 e. The van der Waals surface area contributed by atoms with Crippen LogP contribution < -0.4 is 4.80 Å². The zero-order valence-corrected chi connectivity index (χ0v) is 20.9. The molecule has 1 heterocycles. The van der Waals surface area contributed by atoms with Gasteiger partial charge in [-0.1, -0.05) is 53.8 Å². The van der Waals surface area contributed by atoms with E-state index in [0.29, 0.717) is 15.8 Å². The lowest BCUT2D eigenvalue weighted by Crippen LogP contribution is -2.23. The first kappa shape index (κ1) is 24.6. The molecule has 0 spiro atoms. The van der Waals surface area contributed by atoms with Crippen molar-refractivity contribution in [3.63, 3.8) is 0 Å². The quantitative estimate of drug-likeness (QED) is 0.352. The molecule has 9 heteroatoms. The Morgan fingerprint density at radius 3 is 2.31 bits per heavy atom. The van der Waals surface area contributed by atoms with Gasteiger partial charge in [0.15, 0.2) is 14.6 Å². The number of benzene rings is 3. The molecule has 1 amide bonds. The number of ether oxygens (including phenoxy) is 1. The van der Waals surface area contributed by atoms with Crippen LogP contribution in [0.25, 0.3) is 10.2 Å². The molecule has 180 valence electrons. The van der Waals surface area contributed by atoms with Crippen molar-refractivity contribution in [2.45, 2.75) is 24.8 Å². The van der Waals surface area contributed by atoms with Crippen molar-refractivity contribution >= 4 is 43.3 Å². The van der Waals surface area contributed by atoms with Crippen molar-refractivity contribution in [1.29, 1.82) is 0 Å². The van der Waals surface area contributed by atoms with Crippen molar-refractivity contribution in [1.82, 2.24) is 4.57 Å². The molecule has 0 aliphatic heterocycles. The lowest BCUT2D eigenvalue weighted by atomic mass is 10.0. The van der Waals surface area contributed by atoms with Gasteiger partial charge in [-0.2, -0.15) is 4.99 Å². The Bertz CT molecular complexity index is 1550. The van der Waals surface area contributed by atoms with Crippen molar-refractivity contribution in [3.8, 4) is 0 Å². The highest BCUT2D eigenvalue weighted by atomic mass is 32.2. The number of thiazole rings is 1. The second-order valence-corrected chi connectivity index (χ2v) is 11.0. The minimum absolute atomic E-state index is 0.145. The average Bonchev–Trinajstić information content (AvgIpc) is 3.15. The van der Waals surface area contributed by atoms with E-state index in [1.54, 1.807) is 29.7 Å². The Morgan fingerprint density at radius 2 is 1.66 bits per heavy atom. The molecular weight excluding hydrogens is 484 g/mol. The summed E-state index contributed by atoms with van der Waals surface area (Å²) in [6, 6.07) is 21.9. The monoisotopic (exact) mass is 508 g/mol. The molecule has 35 heavy (non-hydrogen) atoms. The summed E-state index contributed by atoms with van der Waals surface area (Å²) in [5, 5.41) is 0. The number of fused-ring (bicyclic) bond motifs is 1. The van der Waals surface area contributed by atoms with Gasteiger partial charge in [0.25, 0.3) is 5.91 Å². The second-order valence-electron chi connectivity index (χ2n) is 7.95. The highest BCUT2D eigenvalue weighted by Gasteiger charge is 2.16. The largest absolute Gasteiger partial charge is 0.465 e. The van der Waals surface area contributed by atoms with Crippen molar-refractivity contribution in [2.24, 2.45) is 4.99 Å². The lowest BCUT2D eigenvalue weighted by Gasteiger charge is -2.06. The summed E-state index contributed by atoms with van der Waals surface area (Å²) in [5.41, 5.74) is 3.26. The van der Waals surface area contributed by atoms with Gasteiger partial charge in [-0.15, -0.1) is 0 Å². The fourth-order valence-electron chi connectivity index (χ4n) is 3.61. The van der Waals surface area contributed by atoms with E-state index in [9.17, 15) is 18.0 Å². The molecule has 0 bridgehead atoms. The maximum atomic E-state index is 13.0. The van der Waals surface area contributed by atoms with Crippen LogP contribution in [0.5, 0.6) is 0 Å². The Labute approximate surface area is 207 Å². The molecule has 0 aliphatic carbocycles. The molecule has 0 fully saturated rings. The molecule has 4 rings (SSSR count). The fourth-order valence-corrected chi connectivity index (χ4v) is 5.39.